The molecule has 0 saturated carbocycles. The Bertz CT molecular complexity index is 399. The van der Waals surface area contributed by atoms with E-state index in [0.717, 1.165) is 0 Å². The summed E-state index contributed by atoms with van der Waals surface area (Å²) in [5.41, 5.74) is 0.588. The number of hydrogen-bond acceptors (Lipinski definition) is 3. The largest absolute Gasteiger partial charge is 0.239 e. The molecule has 0 fully saturated rings. The van der Waals surface area contributed by atoms with Crippen LogP contribution < -0.4 is 0 Å². The fourth-order valence-electron chi connectivity index (χ4n) is 0.900. The van der Waals surface area contributed by atoms with Crippen LogP contribution in [0.15, 0.2) is 40.3 Å². The van der Waals surface area contributed by atoms with Gasteiger partial charge in [0, 0.05) is 6.20 Å². The lowest BCUT2D eigenvalue weighted by Crippen LogP contribution is -2.17. The maximum absolute atomic E-state index is 8.73. The molecule has 0 atom stereocenters. The zero-order valence-corrected chi connectivity index (χ0v) is 8.97. The topological polar surface area (TPSA) is 39.4 Å². The smallest absolute Gasteiger partial charge is 0.169 e. The average molecular weight is 228 g/mol. The number of hydrazone groups is 1. The molecule has 0 aliphatic carbocycles. The van der Waals surface area contributed by atoms with Crippen molar-refractivity contribution in [2.24, 2.45) is 5.10 Å². The standard InChI is InChI=1S/C9H7Cl2N3/c1-3-4-14-6(2)8(10)7(5-12)9(11)13-14/h3-4H,2H2,1H3/b4-3-. The number of hydrogen-bond donors (Lipinski definition) is 0. The van der Waals surface area contributed by atoms with Crippen LogP contribution in [0.2, 0.25) is 0 Å². The lowest BCUT2D eigenvalue weighted by Gasteiger charge is -2.21. The molecule has 0 bridgehead atoms. The van der Waals surface area contributed by atoms with Gasteiger partial charge < -0.3 is 0 Å². The molecule has 0 aromatic carbocycles. The highest BCUT2D eigenvalue weighted by Crippen LogP contribution is 2.28. The first-order valence-corrected chi connectivity index (χ1v) is 4.53. The van der Waals surface area contributed by atoms with Crippen molar-refractivity contribution in [2.75, 3.05) is 0 Å². The van der Waals surface area contributed by atoms with Crippen LogP contribution in [0.4, 0.5) is 0 Å². The van der Waals surface area contributed by atoms with Gasteiger partial charge in [-0.05, 0) is 6.92 Å². The first kappa shape index (κ1) is 10.8. The highest BCUT2D eigenvalue weighted by Gasteiger charge is 2.21. The van der Waals surface area contributed by atoms with Gasteiger partial charge in [0.2, 0.25) is 0 Å². The SMILES string of the molecule is C=C1C(Cl)=C(C#N)C(Cl)=NN1/C=C\C. The first-order chi connectivity index (χ1) is 6.61. The highest BCUT2D eigenvalue weighted by atomic mass is 35.5. The summed E-state index contributed by atoms with van der Waals surface area (Å²) >= 11 is 11.6. The van der Waals surface area contributed by atoms with Crippen LogP contribution in [0.5, 0.6) is 0 Å². The zero-order valence-electron chi connectivity index (χ0n) is 7.46. The molecule has 0 aromatic rings. The van der Waals surface area contributed by atoms with E-state index in [1.165, 1.54) is 5.01 Å². The van der Waals surface area contributed by atoms with Crippen LogP contribution in [0.3, 0.4) is 0 Å². The Morgan fingerprint density at radius 2 is 2.21 bits per heavy atom. The maximum atomic E-state index is 8.73. The summed E-state index contributed by atoms with van der Waals surface area (Å²) in [7, 11) is 0. The Balaban J connectivity index is 3.17. The third-order valence-corrected chi connectivity index (χ3v) is 2.23. The van der Waals surface area contributed by atoms with E-state index in [2.05, 4.69) is 11.7 Å². The van der Waals surface area contributed by atoms with Crippen LogP contribution >= 0.6 is 23.2 Å². The van der Waals surface area contributed by atoms with Gasteiger partial charge in [0.05, 0.1) is 10.7 Å². The van der Waals surface area contributed by atoms with Crippen molar-refractivity contribution < 1.29 is 0 Å². The number of nitriles is 1. The Morgan fingerprint density at radius 1 is 1.57 bits per heavy atom. The van der Waals surface area contributed by atoms with Crippen LogP contribution in [-0.4, -0.2) is 10.2 Å². The van der Waals surface area contributed by atoms with Gasteiger partial charge in [0.1, 0.15) is 11.6 Å². The van der Waals surface area contributed by atoms with Crippen molar-refractivity contribution in [1.29, 1.82) is 5.26 Å². The minimum Gasteiger partial charge on any atom is -0.239 e. The second-order valence-corrected chi connectivity index (χ2v) is 3.20. The molecule has 1 rings (SSSR count). The summed E-state index contributed by atoms with van der Waals surface area (Å²) in [6.45, 7) is 5.52. The summed E-state index contributed by atoms with van der Waals surface area (Å²) in [4.78, 5) is 0. The molecule has 0 unspecified atom stereocenters. The van der Waals surface area contributed by atoms with Crippen LogP contribution in [0.25, 0.3) is 0 Å². The Labute approximate surface area is 92.2 Å². The Hall–Kier alpha value is -1.24. The van der Waals surface area contributed by atoms with Gasteiger partial charge in [-0.15, -0.1) is 0 Å². The molecule has 3 nitrogen and oxygen atoms in total. The number of allylic oxidation sites excluding steroid dienone is 3. The van der Waals surface area contributed by atoms with E-state index in [1.54, 1.807) is 12.3 Å². The van der Waals surface area contributed by atoms with E-state index in [1.807, 2.05) is 13.0 Å². The van der Waals surface area contributed by atoms with Crippen LogP contribution in [-0.2, 0) is 0 Å². The molecule has 0 amide bonds. The maximum Gasteiger partial charge on any atom is 0.169 e. The molecule has 0 aromatic heterocycles. The number of halogens is 2. The van der Waals surface area contributed by atoms with Crippen molar-refractivity contribution in [3.8, 4) is 6.07 Å². The van der Waals surface area contributed by atoms with E-state index in [-0.39, 0.29) is 15.8 Å². The second-order valence-electron chi connectivity index (χ2n) is 2.47. The van der Waals surface area contributed by atoms with Crippen LogP contribution in [0, 0.1) is 11.3 Å². The number of rotatable bonds is 1. The van der Waals surface area contributed by atoms with E-state index >= 15 is 0 Å². The minimum absolute atomic E-state index is 0.0722. The molecule has 1 aliphatic heterocycles. The fraction of sp³-hybridized carbons (Fsp3) is 0.111. The molecule has 5 heteroatoms. The average Bonchev–Trinajstić information content (AvgIpc) is 2.15. The summed E-state index contributed by atoms with van der Waals surface area (Å²) < 4.78 is 0. The van der Waals surface area contributed by atoms with Gasteiger partial charge in [-0.3, -0.25) is 0 Å². The highest BCUT2D eigenvalue weighted by molar-refractivity contribution is 6.71. The quantitative estimate of drug-likeness (QED) is 0.692. The Morgan fingerprint density at radius 3 is 2.71 bits per heavy atom. The van der Waals surface area contributed by atoms with Crippen molar-refractivity contribution >= 4 is 28.4 Å². The predicted molar refractivity (Wildman–Crippen MR) is 57.6 cm³/mol. The van der Waals surface area contributed by atoms with E-state index in [0.29, 0.717) is 5.70 Å². The van der Waals surface area contributed by atoms with Crippen molar-refractivity contribution in [3.05, 3.63) is 35.2 Å². The molecule has 14 heavy (non-hydrogen) atoms. The van der Waals surface area contributed by atoms with Crippen molar-refractivity contribution in [2.45, 2.75) is 6.92 Å². The lowest BCUT2D eigenvalue weighted by atomic mass is 10.2. The summed E-state index contributed by atoms with van der Waals surface area (Å²) in [5, 5.41) is 14.4. The van der Waals surface area contributed by atoms with E-state index < -0.39 is 0 Å². The second kappa shape index (κ2) is 4.32. The molecular formula is C9H7Cl2N3. The molecule has 1 heterocycles. The zero-order chi connectivity index (χ0) is 10.7. The van der Waals surface area contributed by atoms with Gasteiger partial charge in [-0.2, -0.15) is 10.4 Å². The van der Waals surface area contributed by atoms with Gasteiger partial charge in [0.25, 0.3) is 0 Å². The molecular weight excluding hydrogens is 221 g/mol. The molecule has 0 saturated heterocycles. The minimum atomic E-state index is 0.0722. The van der Waals surface area contributed by atoms with Gasteiger partial charge >= 0.3 is 0 Å². The summed E-state index contributed by atoms with van der Waals surface area (Å²) in [5.74, 6) is 0. The van der Waals surface area contributed by atoms with Crippen molar-refractivity contribution in [1.82, 2.24) is 5.01 Å². The molecule has 1 aliphatic rings. The third kappa shape index (κ3) is 1.82. The molecule has 0 radical (unpaired) electrons. The lowest BCUT2D eigenvalue weighted by molar-refractivity contribution is 0.510. The summed E-state index contributed by atoms with van der Waals surface area (Å²) in [6, 6.07) is 1.87. The number of nitrogens with zero attached hydrogens (tertiary/aromatic N) is 3. The first-order valence-electron chi connectivity index (χ1n) is 3.77. The monoisotopic (exact) mass is 227 g/mol. The fourth-order valence-corrected chi connectivity index (χ4v) is 1.38. The van der Waals surface area contributed by atoms with E-state index in [9.17, 15) is 0 Å². The van der Waals surface area contributed by atoms with Gasteiger partial charge in [0.15, 0.2) is 5.17 Å². The predicted octanol–water partition coefficient (Wildman–Crippen LogP) is 2.92. The molecule has 72 valence electrons. The third-order valence-electron chi connectivity index (χ3n) is 1.55. The molecule has 0 N–H and O–H groups in total. The van der Waals surface area contributed by atoms with E-state index in [4.69, 9.17) is 28.5 Å². The summed E-state index contributed by atoms with van der Waals surface area (Å²) in [6.07, 6.45) is 3.42. The van der Waals surface area contributed by atoms with Gasteiger partial charge in [-0.25, -0.2) is 5.01 Å². The van der Waals surface area contributed by atoms with Crippen LogP contribution in [0.1, 0.15) is 6.92 Å². The van der Waals surface area contributed by atoms with Crippen molar-refractivity contribution in [3.63, 3.8) is 0 Å². The normalized spacial score (nSPS) is 17.4. The Kier molecular flexibility index (Phi) is 3.34. The molecule has 0 spiro atoms. The van der Waals surface area contributed by atoms with Gasteiger partial charge in [-0.1, -0.05) is 35.9 Å².